The van der Waals surface area contributed by atoms with Crippen molar-refractivity contribution in [3.63, 3.8) is 0 Å². The molecule has 1 aromatic rings. The van der Waals surface area contributed by atoms with Gasteiger partial charge >= 0.3 is 0 Å². The molecule has 0 fully saturated rings. The number of methoxy groups -OCH3 is 1. The van der Waals surface area contributed by atoms with E-state index in [9.17, 15) is 14.9 Å². The van der Waals surface area contributed by atoms with Gasteiger partial charge in [-0.05, 0) is 0 Å². The van der Waals surface area contributed by atoms with Gasteiger partial charge in [-0.1, -0.05) is 0 Å². The highest BCUT2D eigenvalue weighted by Gasteiger charge is 2.24. The van der Waals surface area contributed by atoms with Crippen LogP contribution in [0.1, 0.15) is 0 Å². The first-order valence-corrected chi connectivity index (χ1v) is 6.06. The molecule has 114 valence electrons. The number of fused-ring (bicyclic) bond motifs is 1. The zero-order valence-corrected chi connectivity index (χ0v) is 11.3. The highest BCUT2D eigenvalue weighted by atomic mass is 16.7. The van der Waals surface area contributed by atoms with E-state index in [0.717, 1.165) is 0 Å². The SMILES string of the molecule is COCCOCC(=O)Nc1cc2c(cc1[N+](=O)[O-])OCO2. The molecule has 0 radical (unpaired) electrons. The second-order valence-electron chi connectivity index (χ2n) is 4.07. The number of rotatable bonds is 7. The van der Waals surface area contributed by atoms with Crippen LogP contribution in [-0.4, -0.2) is 44.6 Å². The predicted molar refractivity (Wildman–Crippen MR) is 70.5 cm³/mol. The third-order valence-electron chi connectivity index (χ3n) is 2.63. The Kier molecular flexibility index (Phi) is 4.90. The van der Waals surface area contributed by atoms with Crippen LogP contribution < -0.4 is 14.8 Å². The van der Waals surface area contributed by atoms with Gasteiger partial charge in [-0.25, -0.2) is 0 Å². The zero-order valence-electron chi connectivity index (χ0n) is 11.3. The van der Waals surface area contributed by atoms with Gasteiger partial charge in [0.2, 0.25) is 6.79 Å². The van der Waals surface area contributed by atoms with Crippen LogP contribution in [0.2, 0.25) is 0 Å². The van der Waals surface area contributed by atoms with E-state index in [-0.39, 0.29) is 37.1 Å². The third kappa shape index (κ3) is 3.80. The van der Waals surface area contributed by atoms with E-state index in [4.69, 9.17) is 18.9 Å². The van der Waals surface area contributed by atoms with Gasteiger partial charge in [-0.2, -0.15) is 0 Å². The van der Waals surface area contributed by atoms with Gasteiger partial charge in [0.05, 0.1) is 24.2 Å². The Bertz CT molecular complexity index is 547. The number of nitrogens with zero attached hydrogens (tertiary/aromatic N) is 1. The maximum atomic E-state index is 11.7. The molecule has 21 heavy (non-hydrogen) atoms. The van der Waals surface area contributed by atoms with Gasteiger partial charge in [0.1, 0.15) is 12.3 Å². The van der Waals surface area contributed by atoms with Crippen molar-refractivity contribution in [1.29, 1.82) is 0 Å². The summed E-state index contributed by atoms with van der Waals surface area (Å²) >= 11 is 0. The molecule has 9 nitrogen and oxygen atoms in total. The molecule has 0 aliphatic carbocycles. The lowest BCUT2D eigenvalue weighted by molar-refractivity contribution is -0.384. The van der Waals surface area contributed by atoms with Crippen molar-refractivity contribution in [2.24, 2.45) is 0 Å². The Morgan fingerprint density at radius 1 is 1.38 bits per heavy atom. The molecule has 2 rings (SSSR count). The minimum Gasteiger partial charge on any atom is -0.454 e. The number of hydrogen-bond acceptors (Lipinski definition) is 7. The van der Waals surface area contributed by atoms with Crippen molar-refractivity contribution in [1.82, 2.24) is 0 Å². The largest absolute Gasteiger partial charge is 0.454 e. The molecule has 0 atom stereocenters. The third-order valence-corrected chi connectivity index (χ3v) is 2.63. The van der Waals surface area contributed by atoms with Gasteiger partial charge < -0.3 is 24.3 Å². The lowest BCUT2D eigenvalue weighted by Gasteiger charge is -2.07. The molecule has 0 unspecified atom stereocenters. The Labute approximate surface area is 119 Å². The van der Waals surface area contributed by atoms with Gasteiger partial charge in [0.25, 0.3) is 11.6 Å². The number of amides is 1. The summed E-state index contributed by atoms with van der Waals surface area (Å²) in [7, 11) is 1.51. The number of nitro benzene ring substituents is 1. The molecule has 1 aliphatic rings. The van der Waals surface area contributed by atoms with Crippen LogP contribution in [0.15, 0.2) is 12.1 Å². The fourth-order valence-corrected chi connectivity index (χ4v) is 1.68. The van der Waals surface area contributed by atoms with Crippen molar-refractivity contribution in [2.45, 2.75) is 0 Å². The molecule has 0 aromatic heterocycles. The van der Waals surface area contributed by atoms with E-state index in [1.807, 2.05) is 0 Å². The minimum atomic E-state index is -0.608. The van der Waals surface area contributed by atoms with E-state index >= 15 is 0 Å². The van der Waals surface area contributed by atoms with Crippen LogP contribution in [0.3, 0.4) is 0 Å². The van der Waals surface area contributed by atoms with Gasteiger partial charge in [0, 0.05) is 13.2 Å². The van der Waals surface area contributed by atoms with E-state index < -0.39 is 10.8 Å². The number of anilines is 1. The molecule has 1 aliphatic heterocycles. The Balaban J connectivity index is 2.05. The number of hydrogen-bond donors (Lipinski definition) is 1. The first-order valence-electron chi connectivity index (χ1n) is 6.06. The summed E-state index contributed by atoms with van der Waals surface area (Å²) in [5.41, 5.74) is -0.242. The van der Waals surface area contributed by atoms with Crippen LogP contribution in [0, 0.1) is 10.1 Å². The lowest BCUT2D eigenvalue weighted by Crippen LogP contribution is -2.20. The summed E-state index contributed by atoms with van der Waals surface area (Å²) in [5, 5.41) is 13.4. The molecule has 0 saturated heterocycles. The molecular formula is C12H14N2O7. The molecule has 1 aromatic carbocycles. The first-order chi connectivity index (χ1) is 10.1. The molecule has 0 saturated carbocycles. The standard InChI is InChI=1S/C12H14N2O7/c1-18-2-3-19-6-12(15)13-8-4-10-11(21-7-20-10)5-9(8)14(16)17/h4-5H,2-3,6-7H2,1H3,(H,13,15). The van der Waals surface area contributed by atoms with E-state index in [2.05, 4.69) is 5.32 Å². The smallest absolute Gasteiger partial charge is 0.296 e. The van der Waals surface area contributed by atoms with Crippen LogP contribution >= 0.6 is 0 Å². The summed E-state index contributed by atoms with van der Waals surface area (Å²) < 4.78 is 20.0. The molecule has 1 N–H and O–H groups in total. The average molecular weight is 298 g/mol. The number of nitrogens with one attached hydrogen (secondary N) is 1. The van der Waals surface area contributed by atoms with Crippen molar-refractivity contribution >= 4 is 17.3 Å². The molecule has 1 heterocycles. The summed E-state index contributed by atoms with van der Waals surface area (Å²) in [6.45, 7) is 0.379. The average Bonchev–Trinajstić information content (AvgIpc) is 2.89. The Morgan fingerprint density at radius 3 is 2.76 bits per heavy atom. The summed E-state index contributed by atoms with van der Waals surface area (Å²) in [4.78, 5) is 22.1. The molecule has 9 heteroatoms. The highest BCUT2D eigenvalue weighted by Crippen LogP contribution is 2.40. The maximum absolute atomic E-state index is 11.7. The predicted octanol–water partition coefficient (Wildman–Crippen LogP) is 0.925. The number of ether oxygens (including phenoxy) is 4. The van der Waals surface area contributed by atoms with Crippen LogP contribution in [-0.2, 0) is 14.3 Å². The van der Waals surface area contributed by atoms with Gasteiger partial charge in [-0.15, -0.1) is 0 Å². The summed E-state index contributed by atoms with van der Waals surface area (Å²) in [5.74, 6) is 0.111. The maximum Gasteiger partial charge on any atom is 0.296 e. The van der Waals surface area contributed by atoms with Crippen LogP contribution in [0.5, 0.6) is 11.5 Å². The van der Waals surface area contributed by atoms with Crippen molar-refractivity contribution in [2.75, 3.05) is 39.0 Å². The van der Waals surface area contributed by atoms with Gasteiger partial charge in [-0.3, -0.25) is 14.9 Å². The number of carbonyl (C=O) groups excluding carboxylic acids is 1. The minimum absolute atomic E-state index is 0.00990. The van der Waals surface area contributed by atoms with Crippen molar-refractivity contribution in [3.05, 3.63) is 22.2 Å². The van der Waals surface area contributed by atoms with E-state index in [0.29, 0.717) is 12.4 Å². The highest BCUT2D eigenvalue weighted by molar-refractivity contribution is 5.94. The fourth-order valence-electron chi connectivity index (χ4n) is 1.68. The molecule has 0 bridgehead atoms. The van der Waals surface area contributed by atoms with Crippen LogP contribution in [0.4, 0.5) is 11.4 Å². The normalized spacial score (nSPS) is 12.2. The monoisotopic (exact) mass is 298 g/mol. The first kappa shape index (κ1) is 15.0. The van der Waals surface area contributed by atoms with E-state index in [1.165, 1.54) is 19.2 Å². The quantitative estimate of drug-likeness (QED) is 0.453. The topological polar surface area (TPSA) is 109 Å². The molecular weight excluding hydrogens is 284 g/mol. The number of carbonyl (C=O) groups is 1. The van der Waals surface area contributed by atoms with E-state index in [1.54, 1.807) is 0 Å². The second-order valence-corrected chi connectivity index (χ2v) is 4.07. The second kappa shape index (κ2) is 6.86. The summed E-state index contributed by atoms with van der Waals surface area (Å²) in [6, 6.07) is 2.57. The molecule has 1 amide bonds. The number of benzene rings is 1. The van der Waals surface area contributed by atoms with Gasteiger partial charge in [0.15, 0.2) is 11.5 Å². The summed E-state index contributed by atoms with van der Waals surface area (Å²) in [6.07, 6.45) is 0. The number of nitro groups is 1. The van der Waals surface area contributed by atoms with Crippen molar-refractivity contribution in [3.8, 4) is 11.5 Å². The molecule has 0 spiro atoms. The Morgan fingerprint density at radius 2 is 2.10 bits per heavy atom. The Hall–Kier alpha value is -2.39. The fraction of sp³-hybridized carbons (Fsp3) is 0.417. The zero-order chi connectivity index (χ0) is 15.2. The van der Waals surface area contributed by atoms with Crippen LogP contribution in [0.25, 0.3) is 0 Å². The lowest BCUT2D eigenvalue weighted by atomic mass is 10.2. The van der Waals surface area contributed by atoms with Crippen molar-refractivity contribution < 1.29 is 28.7 Å².